The molecular formula is C26H18O7. The molecule has 0 N–H and O–H groups in total. The van der Waals surface area contributed by atoms with E-state index >= 15 is 0 Å². The summed E-state index contributed by atoms with van der Waals surface area (Å²) in [7, 11) is 1.29. The predicted octanol–water partition coefficient (Wildman–Crippen LogP) is 4.99. The van der Waals surface area contributed by atoms with Gasteiger partial charge in [0.15, 0.2) is 0 Å². The van der Waals surface area contributed by atoms with Crippen LogP contribution in [0, 0.1) is 0 Å². The molecule has 0 saturated carbocycles. The first-order valence-electron chi connectivity index (χ1n) is 9.90. The van der Waals surface area contributed by atoms with Gasteiger partial charge in [-0.2, -0.15) is 0 Å². The molecule has 0 unspecified atom stereocenters. The Hall–Kier alpha value is -4.65. The van der Waals surface area contributed by atoms with Crippen molar-refractivity contribution in [3.05, 3.63) is 106 Å². The van der Waals surface area contributed by atoms with Crippen molar-refractivity contribution in [2.45, 2.75) is 0 Å². The molecule has 0 saturated heterocycles. The summed E-state index contributed by atoms with van der Waals surface area (Å²) >= 11 is 0. The van der Waals surface area contributed by atoms with Gasteiger partial charge in [0.2, 0.25) is 11.2 Å². The molecule has 0 amide bonds. The van der Waals surface area contributed by atoms with E-state index in [1.807, 2.05) is 30.3 Å². The molecule has 33 heavy (non-hydrogen) atoms. The van der Waals surface area contributed by atoms with E-state index in [1.54, 1.807) is 18.2 Å². The van der Waals surface area contributed by atoms with Crippen LogP contribution >= 0.6 is 0 Å². The van der Waals surface area contributed by atoms with Crippen molar-refractivity contribution in [2.24, 2.45) is 0 Å². The Bertz CT molecular complexity index is 1380. The number of benzene rings is 3. The number of ether oxygens (including phenoxy) is 3. The highest BCUT2D eigenvalue weighted by atomic mass is 16.5. The molecule has 0 atom stereocenters. The Morgan fingerprint density at radius 3 is 2.36 bits per heavy atom. The zero-order valence-corrected chi connectivity index (χ0v) is 17.5. The molecule has 4 rings (SSSR count). The van der Waals surface area contributed by atoms with Crippen molar-refractivity contribution in [3.8, 4) is 17.2 Å². The minimum atomic E-state index is -0.559. The summed E-state index contributed by atoms with van der Waals surface area (Å²) in [6.07, 6.45) is 4.14. The van der Waals surface area contributed by atoms with Crippen LogP contribution in [0.5, 0.6) is 17.2 Å². The van der Waals surface area contributed by atoms with Crippen LogP contribution in [0.3, 0.4) is 0 Å². The lowest BCUT2D eigenvalue weighted by Crippen LogP contribution is -2.07. The molecule has 0 aliphatic carbocycles. The summed E-state index contributed by atoms with van der Waals surface area (Å²) in [4.78, 5) is 36.4. The Labute approximate surface area is 188 Å². The largest absolute Gasteiger partial charge is 0.465 e. The highest BCUT2D eigenvalue weighted by Gasteiger charge is 2.12. The lowest BCUT2D eigenvalue weighted by molar-refractivity contribution is -0.128. The predicted molar refractivity (Wildman–Crippen MR) is 121 cm³/mol. The number of hydrogen-bond acceptors (Lipinski definition) is 7. The first-order chi connectivity index (χ1) is 16.0. The van der Waals surface area contributed by atoms with Crippen LogP contribution in [-0.4, -0.2) is 19.0 Å². The summed E-state index contributed by atoms with van der Waals surface area (Å²) < 4.78 is 21.1. The van der Waals surface area contributed by atoms with Gasteiger partial charge < -0.3 is 18.6 Å². The maximum atomic E-state index is 12.8. The monoisotopic (exact) mass is 442 g/mol. The van der Waals surface area contributed by atoms with E-state index in [-0.39, 0.29) is 22.5 Å². The van der Waals surface area contributed by atoms with Gasteiger partial charge >= 0.3 is 11.9 Å². The number of esters is 2. The molecular weight excluding hydrogens is 424 g/mol. The highest BCUT2D eigenvalue weighted by molar-refractivity contribution is 5.90. The fourth-order valence-corrected chi connectivity index (χ4v) is 3.01. The third kappa shape index (κ3) is 5.16. The molecule has 0 aliphatic heterocycles. The summed E-state index contributed by atoms with van der Waals surface area (Å²) in [6.45, 7) is 0. The summed E-state index contributed by atoms with van der Waals surface area (Å²) in [5.74, 6) is -0.468. The topological polar surface area (TPSA) is 92.0 Å². The highest BCUT2D eigenvalue weighted by Crippen LogP contribution is 2.24. The summed E-state index contributed by atoms with van der Waals surface area (Å²) in [5.41, 5.74) is 1.07. The van der Waals surface area contributed by atoms with Gasteiger partial charge in [-0.1, -0.05) is 30.3 Å². The van der Waals surface area contributed by atoms with Gasteiger partial charge in [-0.05, 0) is 48.0 Å². The second-order valence-corrected chi connectivity index (χ2v) is 6.87. The van der Waals surface area contributed by atoms with Crippen LogP contribution in [0.1, 0.15) is 15.9 Å². The molecule has 4 aromatic rings. The fraction of sp³-hybridized carbons (Fsp3) is 0.0385. The quantitative estimate of drug-likeness (QED) is 0.236. The van der Waals surface area contributed by atoms with Crippen LogP contribution in [0.25, 0.3) is 17.0 Å². The van der Waals surface area contributed by atoms with Crippen molar-refractivity contribution < 1.29 is 28.2 Å². The van der Waals surface area contributed by atoms with E-state index < -0.39 is 17.4 Å². The second kappa shape index (κ2) is 9.65. The number of fused-ring (bicyclic) bond motifs is 1. The average Bonchev–Trinajstić information content (AvgIpc) is 2.85. The first-order valence-corrected chi connectivity index (χ1v) is 9.90. The molecule has 0 aliphatic rings. The van der Waals surface area contributed by atoms with Crippen molar-refractivity contribution in [1.29, 1.82) is 0 Å². The minimum absolute atomic E-state index is 0.0242. The van der Waals surface area contributed by atoms with Crippen LogP contribution in [0.4, 0.5) is 0 Å². The second-order valence-electron chi connectivity index (χ2n) is 6.87. The Morgan fingerprint density at radius 1 is 0.909 bits per heavy atom. The van der Waals surface area contributed by atoms with Gasteiger partial charge in [0.25, 0.3) is 0 Å². The number of hydrogen-bond donors (Lipinski definition) is 0. The van der Waals surface area contributed by atoms with Crippen LogP contribution < -0.4 is 14.9 Å². The molecule has 0 fully saturated rings. The lowest BCUT2D eigenvalue weighted by Gasteiger charge is -2.07. The standard InChI is InChI=1S/C26H18O7/c1-30-26(29)18-8-10-19(11-9-18)32-23-16-31-22-15-20(12-13-21(22)25(23)28)33-24(27)14-7-17-5-3-2-4-6-17/h2-16H,1H3. The molecule has 3 aromatic carbocycles. The van der Waals surface area contributed by atoms with Crippen LogP contribution in [-0.2, 0) is 9.53 Å². The molecule has 1 aromatic heterocycles. The molecule has 0 spiro atoms. The van der Waals surface area contributed by atoms with Gasteiger partial charge in [-0.3, -0.25) is 4.79 Å². The molecule has 0 bridgehead atoms. The lowest BCUT2D eigenvalue weighted by atomic mass is 10.2. The van der Waals surface area contributed by atoms with Gasteiger partial charge in [-0.25, -0.2) is 9.59 Å². The Morgan fingerprint density at radius 2 is 1.64 bits per heavy atom. The van der Waals surface area contributed by atoms with Crippen molar-refractivity contribution in [3.63, 3.8) is 0 Å². The van der Waals surface area contributed by atoms with E-state index in [0.717, 1.165) is 5.56 Å². The average molecular weight is 442 g/mol. The first kappa shape index (κ1) is 21.6. The fourth-order valence-electron chi connectivity index (χ4n) is 3.01. The molecule has 0 radical (unpaired) electrons. The van der Waals surface area contributed by atoms with Gasteiger partial charge in [0.1, 0.15) is 23.3 Å². The van der Waals surface area contributed by atoms with Gasteiger partial charge in [-0.15, -0.1) is 0 Å². The van der Waals surface area contributed by atoms with E-state index in [2.05, 4.69) is 4.74 Å². The van der Waals surface area contributed by atoms with E-state index in [9.17, 15) is 14.4 Å². The van der Waals surface area contributed by atoms with E-state index in [0.29, 0.717) is 11.3 Å². The summed E-state index contributed by atoms with van der Waals surface area (Å²) in [6, 6.07) is 19.9. The number of carbonyl (C=O) groups is 2. The SMILES string of the molecule is COC(=O)c1ccc(Oc2coc3cc(OC(=O)C=Cc4ccccc4)ccc3c2=O)cc1. The molecule has 7 heteroatoms. The van der Waals surface area contributed by atoms with Crippen LogP contribution in [0.2, 0.25) is 0 Å². The smallest absolute Gasteiger partial charge is 0.337 e. The molecule has 164 valence electrons. The molecule has 7 nitrogen and oxygen atoms in total. The normalized spacial score (nSPS) is 10.8. The number of carbonyl (C=O) groups excluding carboxylic acids is 2. The Balaban J connectivity index is 1.49. The van der Waals surface area contributed by atoms with Crippen molar-refractivity contribution in [2.75, 3.05) is 7.11 Å². The van der Waals surface area contributed by atoms with Crippen molar-refractivity contribution in [1.82, 2.24) is 0 Å². The minimum Gasteiger partial charge on any atom is -0.465 e. The van der Waals surface area contributed by atoms with Crippen molar-refractivity contribution >= 4 is 29.0 Å². The van der Waals surface area contributed by atoms with Gasteiger partial charge in [0, 0.05) is 12.1 Å². The zero-order valence-electron chi connectivity index (χ0n) is 17.5. The summed E-state index contributed by atoms with van der Waals surface area (Å²) in [5, 5.41) is 0.262. The number of rotatable bonds is 6. The van der Waals surface area contributed by atoms with E-state index in [1.165, 1.54) is 49.8 Å². The number of methoxy groups -OCH3 is 1. The van der Waals surface area contributed by atoms with E-state index in [4.69, 9.17) is 13.9 Å². The Kier molecular flexibility index (Phi) is 6.31. The maximum absolute atomic E-state index is 12.8. The third-order valence-corrected chi connectivity index (χ3v) is 4.65. The van der Waals surface area contributed by atoms with Crippen LogP contribution in [0.15, 0.2) is 94.3 Å². The maximum Gasteiger partial charge on any atom is 0.337 e. The van der Waals surface area contributed by atoms with Gasteiger partial charge in [0.05, 0.1) is 18.1 Å². The third-order valence-electron chi connectivity index (χ3n) is 4.65. The zero-order chi connectivity index (χ0) is 23.2. The molecule has 1 heterocycles.